The van der Waals surface area contributed by atoms with E-state index in [-0.39, 0.29) is 6.79 Å². The minimum absolute atomic E-state index is 0.172. The number of hydrogen-bond acceptors (Lipinski definition) is 7. The molecule has 5 rings (SSSR count). The van der Waals surface area contributed by atoms with Crippen LogP contribution in [0.15, 0.2) is 65.1 Å². The molecule has 1 aliphatic heterocycles. The first kappa shape index (κ1) is 21.4. The SMILES string of the molecule is COc1cc2c(cc1NC(=O)[C@H](C)OC(=O)/C=C/c1ccc3c(c1)OCO3)oc1ccccc12. The lowest BCUT2D eigenvalue weighted by atomic mass is 10.1. The molecule has 2 heterocycles. The molecule has 0 aliphatic carbocycles. The van der Waals surface area contributed by atoms with E-state index in [0.717, 1.165) is 21.9 Å². The van der Waals surface area contributed by atoms with Gasteiger partial charge in [-0.3, -0.25) is 4.79 Å². The van der Waals surface area contributed by atoms with E-state index in [0.29, 0.717) is 28.5 Å². The zero-order valence-corrected chi connectivity index (χ0v) is 18.5. The number of fused-ring (bicyclic) bond motifs is 4. The summed E-state index contributed by atoms with van der Waals surface area (Å²) in [4.78, 5) is 24.9. The predicted octanol–water partition coefficient (Wildman–Crippen LogP) is 4.91. The van der Waals surface area contributed by atoms with Gasteiger partial charge in [0, 0.05) is 22.9 Å². The first-order valence-corrected chi connectivity index (χ1v) is 10.6. The second-order valence-electron chi connectivity index (χ2n) is 7.66. The summed E-state index contributed by atoms with van der Waals surface area (Å²) < 4.78 is 27.2. The first-order valence-electron chi connectivity index (χ1n) is 10.6. The largest absolute Gasteiger partial charge is 0.495 e. The quantitative estimate of drug-likeness (QED) is 0.323. The molecule has 1 amide bonds. The Morgan fingerprint density at radius 3 is 2.68 bits per heavy atom. The zero-order valence-electron chi connectivity index (χ0n) is 18.5. The molecule has 3 aromatic carbocycles. The molecule has 0 saturated carbocycles. The third-order valence-corrected chi connectivity index (χ3v) is 5.43. The van der Waals surface area contributed by atoms with E-state index in [1.807, 2.05) is 30.3 Å². The molecule has 0 fully saturated rings. The number of hydrogen-bond donors (Lipinski definition) is 1. The van der Waals surface area contributed by atoms with E-state index in [2.05, 4.69) is 5.32 Å². The van der Waals surface area contributed by atoms with Crippen LogP contribution in [-0.4, -0.2) is 31.9 Å². The second kappa shape index (κ2) is 8.82. The van der Waals surface area contributed by atoms with Crippen molar-refractivity contribution in [3.63, 3.8) is 0 Å². The van der Waals surface area contributed by atoms with E-state index in [9.17, 15) is 9.59 Å². The highest BCUT2D eigenvalue weighted by atomic mass is 16.7. The fourth-order valence-electron chi connectivity index (χ4n) is 3.70. The van der Waals surface area contributed by atoms with E-state index < -0.39 is 18.0 Å². The fourth-order valence-corrected chi connectivity index (χ4v) is 3.70. The smallest absolute Gasteiger partial charge is 0.331 e. The van der Waals surface area contributed by atoms with Gasteiger partial charge in [0.05, 0.1) is 12.8 Å². The van der Waals surface area contributed by atoms with Crippen molar-refractivity contribution in [3.05, 3.63) is 66.2 Å². The lowest BCUT2D eigenvalue weighted by Crippen LogP contribution is -2.29. The van der Waals surface area contributed by atoms with Crippen molar-refractivity contribution in [3.8, 4) is 17.2 Å². The van der Waals surface area contributed by atoms with Crippen LogP contribution in [0.4, 0.5) is 5.69 Å². The van der Waals surface area contributed by atoms with Gasteiger partial charge in [-0.2, -0.15) is 0 Å². The summed E-state index contributed by atoms with van der Waals surface area (Å²) in [6, 6.07) is 16.4. The van der Waals surface area contributed by atoms with Crippen LogP contribution in [0, 0.1) is 0 Å². The van der Waals surface area contributed by atoms with E-state index >= 15 is 0 Å². The van der Waals surface area contributed by atoms with Crippen molar-refractivity contribution in [2.75, 3.05) is 19.2 Å². The Balaban J connectivity index is 1.27. The van der Waals surface area contributed by atoms with Crippen LogP contribution < -0.4 is 19.5 Å². The van der Waals surface area contributed by atoms with Crippen LogP contribution in [0.3, 0.4) is 0 Å². The Kier molecular flexibility index (Phi) is 5.55. The van der Waals surface area contributed by atoms with Gasteiger partial charge in [-0.1, -0.05) is 24.3 Å². The van der Waals surface area contributed by atoms with Gasteiger partial charge in [0.1, 0.15) is 16.9 Å². The summed E-state index contributed by atoms with van der Waals surface area (Å²) in [7, 11) is 1.52. The number of benzene rings is 3. The average molecular weight is 459 g/mol. The lowest BCUT2D eigenvalue weighted by Gasteiger charge is -2.14. The normalized spacial score (nSPS) is 13.4. The van der Waals surface area contributed by atoms with Crippen LogP contribution in [0.5, 0.6) is 17.2 Å². The molecule has 4 aromatic rings. The van der Waals surface area contributed by atoms with Crippen molar-refractivity contribution in [1.29, 1.82) is 0 Å². The maximum atomic E-state index is 12.7. The average Bonchev–Trinajstić information content (AvgIpc) is 3.45. The molecule has 172 valence electrons. The van der Waals surface area contributed by atoms with Crippen molar-refractivity contribution in [1.82, 2.24) is 0 Å². The molecule has 1 atom stereocenters. The summed E-state index contributed by atoms with van der Waals surface area (Å²) in [5, 5.41) is 4.57. The third kappa shape index (κ3) is 4.13. The molecular formula is C26H21NO7. The Morgan fingerprint density at radius 2 is 1.82 bits per heavy atom. The molecule has 8 heteroatoms. The Morgan fingerprint density at radius 1 is 1.00 bits per heavy atom. The topological polar surface area (TPSA) is 96.2 Å². The molecule has 1 aliphatic rings. The third-order valence-electron chi connectivity index (χ3n) is 5.43. The Bertz CT molecular complexity index is 1440. The number of anilines is 1. The van der Waals surface area contributed by atoms with Gasteiger partial charge in [0.15, 0.2) is 17.6 Å². The molecule has 0 unspecified atom stereocenters. The molecular weight excluding hydrogens is 438 g/mol. The van der Waals surface area contributed by atoms with Crippen molar-refractivity contribution in [2.45, 2.75) is 13.0 Å². The highest BCUT2D eigenvalue weighted by Crippen LogP contribution is 2.36. The number of esters is 1. The van der Waals surface area contributed by atoms with E-state index in [1.54, 1.807) is 30.3 Å². The molecule has 0 bridgehead atoms. The summed E-state index contributed by atoms with van der Waals surface area (Å²) in [5.41, 5.74) is 2.49. The van der Waals surface area contributed by atoms with Crippen molar-refractivity contribution in [2.24, 2.45) is 0 Å². The number of methoxy groups -OCH3 is 1. The summed E-state index contributed by atoms with van der Waals surface area (Å²) in [6.45, 7) is 1.67. The minimum atomic E-state index is -1.04. The molecule has 0 saturated heterocycles. The standard InChI is InChI=1S/C26H21NO7/c1-15(33-25(28)10-8-16-7-9-21-24(11-16)32-14-31-21)26(29)27-19-13-22-18(12-23(19)30-2)17-5-3-4-6-20(17)34-22/h3-13,15H,14H2,1-2H3,(H,27,29)/b10-8+/t15-/m0/s1. The minimum Gasteiger partial charge on any atom is -0.495 e. The molecule has 34 heavy (non-hydrogen) atoms. The van der Waals surface area contributed by atoms with Crippen LogP contribution in [0.2, 0.25) is 0 Å². The van der Waals surface area contributed by atoms with Gasteiger partial charge in [-0.15, -0.1) is 0 Å². The monoisotopic (exact) mass is 459 g/mol. The number of para-hydroxylation sites is 1. The number of nitrogens with one attached hydrogen (secondary N) is 1. The van der Waals surface area contributed by atoms with Gasteiger partial charge >= 0.3 is 5.97 Å². The maximum absolute atomic E-state index is 12.7. The van der Waals surface area contributed by atoms with E-state index in [1.165, 1.54) is 20.1 Å². The van der Waals surface area contributed by atoms with Gasteiger partial charge in [-0.25, -0.2) is 4.79 Å². The van der Waals surface area contributed by atoms with Crippen LogP contribution >= 0.6 is 0 Å². The number of carbonyl (C=O) groups excluding carboxylic acids is 2. The van der Waals surface area contributed by atoms with Crippen LogP contribution in [0.25, 0.3) is 28.0 Å². The van der Waals surface area contributed by atoms with Gasteiger partial charge in [0.2, 0.25) is 6.79 Å². The number of ether oxygens (including phenoxy) is 4. The van der Waals surface area contributed by atoms with Gasteiger partial charge in [-0.05, 0) is 42.8 Å². The summed E-state index contributed by atoms with van der Waals surface area (Å²) in [5.74, 6) is 0.576. The van der Waals surface area contributed by atoms with Crippen LogP contribution in [0.1, 0.15) is 12.5 Å². The number of carbonyl (C=O) groups is 2. The lowest BCUT2D eigenvalue weighted by molar-refractivity contribution is -0.148. The first-order chi connectivity index (χ1) is 16.5. The highest BCUT2D eigenvalue weighted by molar-refractivity contribution is 6.08. The van der Waals surface area contributed by atoms with Gasteiger partial charge in [0.25, 0.3) is 5.91 Å². The Hall–Kier alpha value is -4.46. The molecule has 0 radical (unpaired) electrons. The van der Waals surface area contributed by atoms with Crippen molar-refractivity contribution < 1.29 is 33.0 Å². The number of furan rings is 1. The fraction of sp³-hybridized carbons (Fsp3) is 0.154. The van der Waals surface area contributed by atoms with Crippen molar-refractivity contribution >= 4 is 45.6 Å². The number of rotatable bonds is 6. The Labute approximate surface area is 194 Å². The van der Waals surface area contributed by atoms with Gasteiger partial charge < -0.3 is 28.7 Å². The second-order valence-corrected chi connectivity index (χ2v) is 7.66. The summed E-state index contributed by atoms with van der Waals surface area (Å²) >= 11 is 0. The molecule has 1 aromatic heterocycles. The van der Waals surface area contributed by atoms with E-state index in [4.69, 9.17) is 23.4 Å². The zero-order chi connectivity index (χ0) is 23.7. The maximum Gasteiger partial charge on any atom is 0.331 e. The highest BCUT2D eigenvalue weighted by Gasteiger charge is 2.20. The molecule has 0 spiro atoms. The molecule has 1 N–H and O–H groups in total. The molecule has 8 nitrogen and oxygen atoms in total. The van der Waals surface area contributed by atoms with Crippen LogP contribution in [-0.2, 0) is 14.3 Å². The summed E-state index contributed by atoms with van der Waals surface area (Å²) in [6.07, 6.45) is 1.79. The predicted molar refractivity (Wildman–Crippen MR) is 126 cm³/mol. The number of amides is 1.